The molecule has 10 nitrogen and oxygen atoms in total. The fourth-order valence-electron chi connectivity index (χ4n) is 3.03. The van der Waals surface area contributed by atoms with Crippen LogP contribution in [0.15, 0.2) is 58.9 Å². The Morgan fingerprint density at radius 1 is 1.19 bits per heavy atom. The van der Waals surface area contributed by atoms with Gasteiger partial charge in [0.15, 0.2) is 6.23 Å². The first-order valence-corrected chi connectivity index (χ1v) is 8.51. The van der Waals surface area contributed by atoms with Gasteiger partial charge < -0.3 is 4.74 Å². The molecule has 138 valence electrons. The summed E-state index contributed by atoms with van der Waals surface area (Å²) in [5.74, 6) is 0. The predicted octanol–water partition coefficient (Wildman–Crippen LogP) is 2.96. The highest BCUT2D eigenvalue weighted by Crippen LogP contribution is 2.29. The van der Waals surface area contributed by atoms with Gasteiger partial charge in [-0.25, -0.2) is 9.69 Å². The number of para-hydroxylation sites is 1. The topological polar surface area (TPSA) is 111 Å². The molecule has 27 heavy (non-hydrogen) atoms. The van der Waals surface area contributed by atoms with Gasteiger partial charge >= 0.3 is 0 Å². The van der Waals surface area contributed by atoms with E-state index >= 15 is 0 Å². The molecule has 2 atom stereocenters. The SMILES string of the molecule is CCO[C@@H]1[C@@H](Cn2nnc3ccccc32)N=NN1c1ccc([N+](=O)[O-])cc1. The van der Waals surface area contributed by atoms with Crippen molar-refractivity contribution in [1.82, 2.24) is 15.0 Å². The van der Waals surface area contributed by atoms with E-state index in [0.29, 0.717) is 18.8 Å². The number of aromatic nitrogens is 3. The van der Waals surface area contributed by atoms with Gasteiger partial charge in [-0.1, -0.05) is 22.6 Å². The first-order chi connectivity index (χ1) is 13.2. The van der Waals surface area contributed by atoms with E-state index in [4.69, 9.17) is 4.74 Å². The second-order valence-electron chi connectivity index (χ2n) is 6.00. The van der Waals surface area contributed by atoms with Crippen LogP contribution in [0.25, 0.3) is 11.0 Å². The van der Waals surface area contributed by atoms with Gasteiger partial charge in [0.25, 0.3) is 5.69 Å². The smallest absolute Gasteiger partial charge is 0.269 e. The maximum absolute atomic E-state index is 10.8. The van der Waals surface area contributed by atoms with Gasteiger partial charge in [0, 0.05) is 18.7 Å². The molecule has 2 heterocycles. The number of anilines is 1. The lowest BCUT2D eigenvalue weighted by Crippen LogP contribution is -2.39. The van der Waals surface area contributed by atoms with Crippen LogP contribution in [0.5, 0.6) is 0 Å². The molecule has 1 aliphatic heterocycles. The number of hydrogen-bond acceptors (Lipinski definition) is 8. The van der Waals surface area contributed by atoms with Crippen LogP contribution in [0.3, 0.4) is 0 Å². The van der Waals surface area contributed by atoms with Crippen LogP contribution >= 0.6 is 0 Å². The molecule has 10 heteroatoms. The Morgan fingerprint density at radius 2 is 1.96 bits per heavy atom. The Labute approximate surface area is 154 Å². The van der Waals surface area contributed by atoms with E-state index in [1.807, 2.05) is 31.2 Å². The molecular weight excluding hydrogens is 350 g/mol. The average Bonchev–Trinajstić information content (AvgIpc) is 3.27. The van der Waals surface area contributed by atoms with Crippen LogP contribution < -0.4 is 5.01 Å². The Balaban J connectivity index is 1.57. The van der Waals surface area contributed by atoms with Crippen LogP contribution in [0.4, 0.5) is 11.4 Å². The minimum Gasteiger partial charge on any atom is -0.354 e. The second kappa shape index (κ2) is 7.08. The quantitative estimate of drug-likeness (QED) is 0.489. The molecule has 4 rings (SSSR count). The van der Waals surface area contributed by atoms with Gasteiger partial charge in [-0.3, -0.25) is 10.1 Å². The molecule has 0 aliphatic carbocycles. The Kier molecular flexibility index (Phi) is 4.47. The summed E-state index contributed by atoms with van der Waals surface area (Å²) in [5, 5.41) is 29.4. The molecule has 0 radical (unpaired) electrons. The Hall–Kier alpha value is -3.40. The molecule has 0 spiro atoms. The lowest BCUT2D eigenvalue weighted by atomic mass is 10.2. The van der Waals surface area contributed by atoms with Gasteiger partial charge in [0.1, 0.15) is 11.6 Å². The number of nitro groups is 1. The lowest BCUT2D eigenvalue weighted by Gasteiger charge is -2.25. The summed E-state index contributed by atoms with van der Waals surface area (Å²) in [5.41, 5.74) is 2.42. The molecule has 0 N–H and O–H groups in total. The van der Waals surface area contributed by atoms with Crippen LogP contribution in [0.2, 0.25) is 0 Å². The first-order valence-electron chi connectivity index (χ1n) is 8.51. The largest absolute Gasteiger partial charge is 0.354 e. The zero-order valence-corrected chi connectivity index (χ0v) is 14.5. The number of rotatable bonds is 6. The molecule has 0 amide bonds. The van der Waals surface area contributed by atoms with Crippen molar-refractivity contribution >= 4 is 22.4 Å². The molecular formula is C17H17N7O3. The number of non-ortho nitro benzene ring substituents is 1. The van der Waals surface area contributed by atoms with Crippen molar-refractivity contribution in [2.45, 2.75) is 25.7 Å². The minimum absolute atomic E-state index is 0.0217. The molecule has 1 aromatic heterocycles. The Morgan fingerprint density at radius 3 is 2.70 bits per heavy atom. The molecule has 0 saturated heterocycles. The van der Waals surface area contributed by atoms with Crippen LogP contribution in [0.1, 0.15) is 6.92 Å². The number of nitro benzene ring substituents is 1. The van der Waals surface area contributed by atoms with E-state index in [-0.39, 0.29) is 11.7 Å². The minimum atomic E-state index is -0.437. The van der Waals surface area contributed by atoms with Crippen molar-refractivity contribution in [3.05, 3.63) is 58.6 Å². The van der Waals surface area contributed by atoms with Crippen molar-refractivity contribution in [1.29, 1.82) is 0 Å². The van der Waals surface area contributed by atoms with E-state index in [9.17, 15) is 10.1 Å². The van der Waals surface area contributed by atoms with Gasteiger partial charge in [-0.15, -0.1) is 5.10 Å². The maximum atomic E-state index is 10.8. The van der Waals surface area contributed by atoms with E-state index < -0.39 is 11.2 Å². The van der Waals surface area contributed by atoms with E-state index in [2.05, 4.69) is 20.6 Å². The van der Waals surface area contributed by atoms with Crippen LogP contribution in [-0.4, -0.2) is 38.8 Å². The second-order valence-corrected chi connectivity index (χ2v) is 6.00. The average molecular weight is 367 g/mol. The van der Waals surface area contributed by atoms with Crippen molar-refractivity contribution < 1.29 is 9.66 Å². The number of hydrogen-bond donors (Lipinski definition) is 0. The highest BCUT2D eigenvalue weighted by atomic mass is 16.6. The van der Waals surface area contributed by atoms with E-state index in [1.54, 1.807) is 21.8 Å². The summed E-state index contributed by atoms with van der Waals surface area (Å²) in [7, 11) is 0. The summed E-state index contributed by atoms with van der Waals surface area (Å²) in [6.07, 6.45) is -0.431. The number of fused-ring (bicyclic) bond motifs is 1. The fourth-order valence-corrected chi connectivity index (χ4v) is 3.03. The maximum Gasteiger partial charge on any atom is 0.269 e. The van der Waals surface area contributed by atoms with Crippen molar-refractivity contribution in [2.24, 2.45) is 10.3 Å². The third-order valence-electron chi connectivity index (χ3n) is 4.31. The predicted molar refractivity (Wildman–Crippen MR) is 97.2 cm³/mol. The summed E-state index contributed by atoms with van der Waals surface area (Å²) in [6.45, 7) is 2.83. The Bertz CT molecular complexity index is 986. The van der Waals surface area contributed by atoms with Crippen LogP contribution in [0, 0.1) is 10.1 Å². The van der Waals surface area contributed by atoms with Gasteiger partial charge in [-0.05, 0) is 31.2 Å². The lowest BCUT2D eigenvalue weighted by molar-refractivity contribution is -0.384. The van der Waals surface area contributed by atoms with E-state index in [0.717, 1.165) is 11.0 Å². The van der Waals surface area contributed by atoms with Crippen molar-refractivity contribution in [3.8, 4) is 0 Å². The first kappa shape index (κ1) is 17.0. The standard InChI is InChI=1S/C17H17N7O3/c1-2-27-17-15(11-22-16-6-4-3-5-14(16)18-20-22)19-21-23(17)12-7-9-13(10-8-12)24(25)26/h3-10,15,17H,2,11H2,1H3/t15-,17-/m1/s1. The summed E-state index contributed by atoms with van der Waals surface area (Å²) >= 11 is 0. The van der Waals surface area contributed by atoms with Crippen molar-refractivity contribution in [2.75, 3.05) is 11.6 Å². The number of nitrogens with zero attached hydrogens (tertiary/aromatic N) is 7. The van der Waals surface area contributed by atoms with Crippen molar-refractivity contribution in [3.63, 3.8) is 0 Å². The third kappa shape index (κ3) is 3.22. The third-order valence-corrected chi connectivity index (χ3v) is 4.31. The highest BCUT2D eigenvalue weighted by molar-refractivity contribution is 5.73. The van der Waals surface area contributed by atoms with Gasteiger partial charge in [0.05, 0.1) is 22.7 Å². The van der Waals surface area contributed by atoms with Crippen LogP contribution in [-0.2, 0) is 11.3 Å². The molecule has 0 saturated carbocycles. The zero-order valence-electron chi connectivity index (χ0n) is 14.5. The molecule has 3 aromatic rings. The summed E-state index contributed by atoms with van der Waals surface area (Å²) < 4.78 is 7.65. The van der Waals surface area contributed by atoms with E-state index in [1.165, 1.54) is 12.1 Å². The molecule has 0 bridgehead atoms. The highest BCUT2D eigenvalue weighted by Gasteiger charge is 2.35. The normalized spacial score (nSPS) is 19.1. The zero-order chi connectivity index (χ0) is 18.8. The molecule has 0 fully saturated rings. The van der Waals surface area contributed by atoms with Gasteiger partial charge in [-0.2, -0.15) is 5.11 Å². The number of benzene rings is 2. The fraction of sp³-hybridized carbons (Fsp3) is 0.294. The monoisotopic (exact) mass is 367 g/mol. The van der Waals surface area contributed by atoms with Gasteiger partial charge in [0.2, 0.25) is 0 Å². The summed E-state index contributed by atoms with van der Waals surface area (Å²) in [6, 6.07) is 13.6. The summed E-state index contributed by atoms with van der Waals surface area (Å²) in [4.78, 5) is 10.4. The number of ether oxygens (including phenoxy) is 1. The molecule has 2 aromatic carbocycles. The molecule has 0 unspecified atom stereocenters. The molecule has 1 aliphatic rings.